The van der Waals surface area contributed by atoms with Gasteiger partial charge in [-0.05, 0) is 36.8 Å². The van der Waals surface area contributed by atoms with Crippen molar-refractivity contribution in [3.8, 4) is 5.69 Å². The summed E-state index contributed by atoms with van der Waals surface area (Å²) in [5.74, 6) is -0.369. The summed E-state index contributed by atoms with van der Waals surface area (Å²) < 4.78 is 6.47. The van der Waals surface area contributed by atoms with E-state index in [0.29, 0.717) is 10.7 Å². The molecule has 88 valence electrons. The van der Waals surface area contributed by atoms with Gasteiger partial charge in [0.25, 0.3) is 0 Å². The quantitative estimate of drug-likeness (QED) is 0.766. The van der Waals surface area contributed by atoms with Crippen molar-refractivity contribution in [2.75, 3.05) is 7.11 Å². The Kier molecular flexibility index (Phi) is 3.20. The minimum absolute atomic E-state index is 0.369. The molecule has 0 aliphatic carbocycles. The molecule has 0 radical (unpaired) electrons. The van der Waals surface area contributed by atoms with Crippen LogP contribution < -0.4 is 0 Å². The van der Waals surface area contributed by atoms with Crippen LogP contribution >= 0.6 is 11.6 Å². The number of ether oxygens (including phenoxy) is 1. The second kappa shape index (κ2) is 4.63. The standard InChI is InChI=1S/C13H12ClNO2/c1-9-5-6-10(8-11(9)14)15-7-3-4-12(15)13(16)17-2/h3-8H,1-2H3. The van der Waals surface area contributed by atoms with Crippen molar-refractivity contribution >= 4 is 17.6 Å². The van der Waals surface area contributed by atoms with Gasteiger partial charge in [-0.1, -0.05) is 17.7 Å². The van der Waals surface area contributed by atoms with Crippen LogP contribution in [0.25, 0.3) is 5.69 Å². The van der Waals surface area contributed by atoms with Crippen molar-refractivity contribution in [2.45, 2.75) is 6.92 Å². The molecule has 0 bridgehead atoms. The van der Waals surface area contributed by atoms with E-state index >= 15 is 0 Å². The predicted octanol–water partition coefficient (Wildman–Crippen LogP) is 3.23. The van der Waals surface area contributed by atoms with E-state index in [2.05, 4.69) is 0 Å². The van der Waals surface area contributed by atoms with E-state index in [-0.39, 0.29) is 5.97 Å². The van der Waals surface area contributed by atoms with Gasteiger partial charge in [0.05, 0.1) is 7.11 Å². The fourth-order valence-electron chi connectivity index (χ4n) is 1.61. The normalized spacial score (nSPS) is 10.3. The minimum atomic E-state index is -0.369. The summed E-state index contributed by atoms with van der Waals surface area (Å²) in [5.41, 5.74) is 2.32. The zero-order valence-corrected chi connectivity index (χ0v) is 10.4. The van der Waals surface area contributed by atoms with Crippen LogP contribution in [0.3, 0.4) is 0 Å². The smallest absolute Gasteiger partial charge is 0.355 e. The molecule has 0 aliphatic heterocycles. The van der Waals surface area contributed by atoms with Crippen molar-refractivity contribution in [3.63, 3.8) is 0 Å². The molecule has 0 amide bonds. The molecule has 0 saturated heterocycles. The number of carbonyl (C=O) groups is 1. The van der Waals surface area contributed by atoms with Gasteiger partial charge in [0, 0.05) is 16.9 Å². The van der Waals surface area contributed by atoms with E-state index in [9.17, 15) is 4.79 Å². The van der Waals surface area contributed by atoms with Gasteiger partial charge in [-0.2, -0.15) is 0 Å². The first-order valence-corrected chi connectivity index (χ1v) is 5.53. The molecule has 17 heavy (non-hydrogen) atoms. The number of halogens is 1. The topological polar surface area (TPSA) is 31.2 Å². The highest BCUT2D eigenvalue weighted by atomic mass is 35.5. The Bertz CT molecular complexity index is 560. The second-order valence-electron chi connectivity index (χ2n) is 3.69. The van der Waals surface area contributed by atoms with Gasteiger partial charge in [-0.3, -0.25) is 0 Å². The number of methoxy groups -OCH3 is 1. The Morgan fingerprint density at radius 2 is 2.12 bits per heavy atom. The Morgan fingerprint density at radius 1 is 1.35 bits per heavy atom. The first-order valence-electron chi connectivity index (χ1n) is 5.15. The molecule has 1 aromatic carbocycles. The minimum Gasteiger partial charge on any atom is -0.464 e. The molecule has 2 rings (SSSR count). The number of rotatable bonds is 2. The number of aromatic nitrogens is 1. The summed E-state index contributed by atoms with van der Waals surface area (Å²) in [7, 11) is 1.36. The highest BCUT2D eigenvalue weighted by molar-refractivity contribution is 6.31. The second-order valence-corrected chi connectivity index (χ2v) is 4.10. The zero-order chi connectivity index (χ0) is 12.4. The van der Waals surface area contributed by atoms with Gasteiger partial charge in [-0.25, -0.2) is 4.79 Å². The van der Waals surface area contributed by atoms with Crippen LogP contribution in [0, 0.1) is 6.92 Å². The summed E-state index contributed by atoms with van der Waals surface area (Å²) in [6.45, 7) is 1.93. The number of aryl methyl sites for hydroxylation is 1. The molecule has 0 spiro atoms. The van der Waals surface area contributed by atoms with E-state index in [1.54, 1.807) is 22.9 Å². The van der Waals surface area contributed by atoms with E-state index in [0.717, 1.165) is 11.3 Å². The van der Waals surface area contributed by atoms with Gasteiger partial charge in [0.1, 0.15) is 5.69 Å². The lowest BCUT2D eigenvalue weighted by atomic mass is 10.2. The van der Waals surface area contributed by atoms with E-state index < -0.39 is 0 Å². The molecule has 0 atom stereocenters. The number of carbonyl (C=O) groups excluding carboxylic acids is 1. The Balaban J connectivity index is 2.50. The lowest BCUT2D eigenvalue weighted by Gasteiger charge is -2.09. The summed E-state index contributed by atoms with van der Waals surface area (Å²) >= 11 is 6.07. The number of benzene rings is 1. The fourth-order valence-corrected chi connectivity index (χ4v) is 1.78. The highest BCUT2D eigenvalue weighted by Crippen LogP contribution is 2.21. The summed E-state index contributed by atoms with van der Waals surface area (Å²) in [6, 6.07) is 9.15. The van der Waals surface area contributed by atoms with Gasteiger partial charge >= 0.3 is 5.97 Å². The molecular weight excluding hydrogens is 238 g/mol. The SMILES string of the molecule is COC(=O)c1cccn1-c1ccc(C)c(Cl)c1. The summed E-state index contributed by atoms with van der Waals surface area (Å²) in [5, 5.41) is 0.673. The number of hydrogen-bond acceptors (Lipinski definition) is 2. The van der Waals surface area contributed by atoms with Crippen molar-refractivity contribution in [3.05, 3.63) is 52.8 Å². The third-order valence-electron chi connectivity index (χ3n) is 2.58. The predicted molar refractivity (Wildman–Crippen MR) is 66.9 cm³/mol. The van der Waals surface area contributed by atoms with Gasteiger partial charge in [0.15, 0.2) is 0 Å². The molecule has 0 unspecified atom stereocenters. The highest BCUT2D eigenvalue weighted by Gasteiger charge is 2.12. The molecule has 0 saturated carbocycles. The van der Waals surface area contributed by atoms with E-state index in [4.69, 9.17) is 16.3 Å². The molecular formula is C13H12ClNO2. The van der Waals surface area contributed by atoms with Crippen LogP contribution in [-0.4, -0.2) is 17.6 Å². The lowest BCUT2D eigenvalue weighted by molar-refractivity contribution is 0.0591. The molecule has 3 nitrogen and oxygen atoms in total. The summed E-state index contributed by atoms with van der Waals surface area (Å²) in [6.07, 6.45) is 1.80. The van der Waals surface area contributed by atoms with Crippen LogP contribution in [0.15, 0.2) is 36.5 Å². The van der Waals surface area contributed by atoms with Crippen LogP contribution in [-0.2, 0) is 4.74 Å². The number of esters is 1. The third-order valence-corrected chi connectivity index (χ3v) is 2.98. The maximum atomic E-state index is 11.5. The first kappa shape index (κ1) is 11.7. The van der Waals surface area contributed by atoms with Gasteiger partial charge < -0.3 is 9.30 Å². The zero-order valence-electron chi connectivity index (χ0n) is 9.61. The lowest BCUT2D eigenvalue weighted by Crippen LogP contribution is -2.08. The molecule has 0 N–H and O–H groups in total. The Morgan fingerprint density at radius 3 is 2.76 bits per heavy atom. The molecule has 0 fully saturated rings. The molecule has 4 heteroatoms. The average Bonchev–Trinajstić information content (AvgIpc) is 2.80. The van der Waals surface area contributed by atoms with Gasteiger partial charge in [0.2, 0.25) is 0 Å². The Labute approximate surface area is 105 Å². The van der Waals surface area contributed by atoms with Crippen LogP contribution in [0.1, 0.15) is 16.1 Å². The molecule has 1 heterocycles. The number of nitrogens with zero attached hydrogens (tertiary/aromatic N) is 1. The Hall–Kier alpha value is -1.74. The van der Waals surface area contributed by atoms with E-state index in [1.165, 1.54) is 7.11 Å². The fraction of sp³-hybridized carbons (Fsp3) is 0.154. The molecule has 2 aromatic rings. The van der Waals surface area contributed by atoms with Crippen LogP contribution in [0.2, 0.25) is 5.02 Å². The van der Waals surface area contributed by atoms with E-state index in [1.807, 2.05) is 25.1 Å². The van der Waals surface area contributed by atoms with Crippen molar-refractivity contribution < 1.29 is 9.53 Å². The summed E-state index contributed by atoms with van der Waals surface area (Å²) in [4.78, 5) is 11.5. The monoisotopic (exact) mass is 249 g/mol. The molecule has 1 aromatic heterocycles. The van der Waals surface area contributed by atoms with Crippen LogP contribution in [0.5, 0.6) is 0 Å². The number of hydrogen-bond donors (Lipinski definition) is 0. The van der Waals surface area contributed by atoms with Crippen LogP contribution in [0.4, 0.5) is 0 Å². The van der Waals surface area contributed by atoms with Crippen molar-refractivity contribution in [2.24, 2.45) is 0 Å². The van der Waals surface area contributed by atoms with Gasteiger partial charge in [-0.15, -0.1) is 0 Å². The van der Waals surface area contributed by atoms with Crippen molar-refractivity contribution in [1.29, 1.82) is 0 Å². The first-order chi connectivity index (χ1) is 8.13. The average molecular weight is 250 g/mol. The molecule has 0 aliphatic rings. The maximum Gasteiger partial charge on any atom is 0.355 e. The largest absolute Gasteiger partial charge is 0.464 e. The maximum absolute atomic E-state index is 11.5. The third kappa shape index (κ3) is 2.19. The van der Waals surface area contributed by atoms with Crippen molar-refractivity contribution in [1.82, 2.24) is 4.57 Å².